The molecule has 5 fully saturated rings. The molecule has 1 heterocycles. The van der Waals surface area contributed by atoms with Gasteiger partial charge in [-0.2, -0.15) is 0 Å². The van der Waals surface area contributed by atoms with Gasteiger partial charge in [-0.1, -0.05) is 66.7 Å². The van der Waals surface area contributed by atoms with Crippen LogP contribution in [0.2, 0.25) is 0 Å². The molecule has 0 aromatic carbocycles. The van der Waals surface area contributed by atoms with Crippen LogP contribution in [-0.2, 0) is 4.74 Å². The summed E-state index contributed by atoms with van der Waals surface area (Å²) in [6, 6.07) is 0. The average Bonchev–Trinajstić information content (AvgIpc) is 2.70. The maximum atomic E-state index is 11.2. The van der Waals surface area contributed by atoms with E-state index in [1.165, 1.54) is 38.5 Å². The molecule has 0 bridgehead atoms. The standard InChI is InChI=1S/C29H50O3/c1-18-11-20-15-29(16-27(2,3)22(20)13-24(18)30)17-28(4,5)23-14-25(31)21(12-26(23)32-29)19-9-7-6-8-10-19/h18-26,30-31H,6-17H2,1-5H3. The quantitative estimate of drug-likeness (QED) is 0.493. The highest BCUT2D eigenvalue weighted by Gasteiger charge is 2.60. The van der Waals surface area contributed by atoms with E-state index < -0.39 is 0 Å². The molecule has 9 atom stereocenters. The number of hydrogen-bond acceptors (Lipinski definition) is 3. The van der Waals surface area contributed by atoms with E-state index in [1.54, 1.807) is 0 Å². The minimum atomic E-state index is -0.135. The number of aliphatic hydroxyl groups excluding tert-OH is 2. The fourth-order valence-electron chi connectivity index (χ4n) is 9.92. The van der Waals surface area contributed by atoms with Gasteiger partial charge in [0.05, 0.1) is 23.9 Å². The highest BCUT2D eigenvalue weighted by Crippen LogP contribution is 2.62. The minimum absolute atomic E-state index is 0.0171. The van der Waals surface area contributed by atoms with Crippen LogP contribution in [0.15, 0.2) is 0 Å². The lowest BCUT2D eigenvalue weighted by atomic mass is 9.49. The van der Waals surface area contributed by atoms with Crippen LogP contribution in [-0.4, -0.2) is 34.1 Å². The zero-order chi connectivity index (χ0) is 22.9. The maximum absolute atomic E-state index is 11.2. The molecule has 4 aliphatic carbocycles. The Morgan fingerprint density at radius 3 is 2.03 bits per heavy atom. The van der Waals surface area contributed by atoms with Gasteiger partial charge in [-0.25, -0.2) is 0 Å². The Morgan fingerprint density at radius 1 is 0.719 bits per heavy atom. The van der Waals surface area contributed by atoms with Crippen molar-refractivity contribution in [1.29, 1.82) is 0 Å². The third-order valence-corrected chi connectivity index (χ3v) is 11.2. The van der Waals surface area contributed by atoms with Gasteiger partial charge in [0.2, 0.25) is 0 Å². The number of ether oxygens (including phenoxy) is 1. The van der Waals surface area contributed by atoms with Gasteiger partial charge in [-0.3, -0.25) is 0 Å². The van der Waals surface area contributed by atoms with Gasteiger partial charge in [0, 0.05) is 0 Å². The fraction of sp³-hybridized carbons (Fsp3) is 1.00. The van der Waals surface area contributed by atoms with Crippen LogP contribution < -0.4 is 0 Å². The summed E-state index contributed by atoms with van der Waals surface area (Å²) >= 11 is 0. The molecule has 0 radical (unpaired) electrons. The van der Waals surface area contributed by atoms with E-state index in [2.05, 4.69) is 34.6 Å². The van der Waals surface area contributed by atoms with Crippen molar-refractivity contribution in [3.8, 4) is 0 Å². The van der Waals surface area contributed by atoms with E-state index in [4.69, 9.17) is 4.74 Å². The van der Waals surface area contributed by atoms with Gasteiger partial charge in [0.25, 0.3) is 0 Å². The zero-order valence-corrected chi connectivity index (χ0v) is 21.5. The number of rotatable bonds is 1. The van der Waals surface area contributed by atoms with Crippen LogP contribution in [0.3, 0.4) is 0 Å². The molecular formula is C29H50O3. The molecule has 4 saturated carbocycles. The van der Waals surface area contributed by atoms with Gasteiger partial charge in [-0.15, -0.1) is 0 Å². The molecule has 3 nitrogen and oxygen atoms in total. The second-order valence-corrected chi connectivity index (χ2v) is 14.5. The molecule has 5 rings (SSSR count). The summed E-state index contributed by atoms with van der Waals surface area (Å²) in [7, 11) is 0. The first-order valence-corrected chi connectivity index (χ1v) is 14.0. The summed E-state index contributed by atoms with van der Waals surface area (Å²) in [5.41, 5.74) is 0.408. The molecule has 1 saturated heterocycles. The van der Waals surface area contributed by atoms with Gasteiger partial charge < -0.3 is 14.9 Å². The summed E-state index contributed by atoms with van der Waals surface area (Å²) < 4.78 is 7.30. The molecule has 0 aromatic rings. The summed E-state index contributed by atoms with van der Waals surface area (Å²) in [4.78, 5) is 0. The molecule has 1 spiro atoms. The third kappa shape index (κ3) is 4.11. The molecular weight excluding hydrogens is 396 g/mol. The number of hydrogen-bond donors (Lipinski definition) is 2. The highest BCUT2D eigenvalue weighted by molar-refractivity contribution is 5.09. The zero-order valence-electron chi connectivity index (χ0n) is 21.5. The van der Waals surface area contributed by atoms with Gasteiger partial charge in [0.15, 0.2) is 0 Å². The van der Waals surface area contributed by atoms with E-state index in [1.807, 2.05) is 0 Å². The van der Waals surface area contributed by atoms with Crippen molar-refractivity contribution in [2.45, 2.75) is 136 Å². The van der Waals surface area contributed by atoms with Crippen molar-refractivity contribution in [3.63, 3.8) is 0 Å². The van der Waals surface area contributed by atoms with E-state index in [9.17, 15) is 10.2 Å². The van der Waals surface area contributed by atoms with Crippen LogP contribution in [0, 0.1) is 46.3 Å². The van der Waals surface area contributed by atoms with Crippen molar-refractivity contribution < 1.29 is 14.9 Å². The van der Waals surface area contributed by atoms with Crippen molar-refractivity contribution in [3.05, 3.63) is 0 Å². The van der Waals surface area contributed by atoms with E-state index in [-0.39, 0.29) is 28.6 Å². The normalized spacial score (nSPS) is 51.1. The Hall–Kier alpha value is -0.120. The van der Waals surface area contributed by atoms with Crippen LogP contribution in [0.4, 0.5) is 0 Å². The molecule has 0 aromatic heterocycles. The summed E-state index contributed by atoms with van der Waals surface area (Å²) in [5.74, 6) is 3.33. The predicted molar refractivity (Wildman–Crippen MR) is 129 cm³/mol. The second kappa shape index (κ2) is 8.23. The lowest BCUT2D eigenvalue weighted by Crippen LogP contribution is -2.62. The molecule has 0 amide bonds. The Morgan fingerprint density at radius 2 is 1.34 bits per heavy atom. The first kappa shape index (κ1) is 23.6. The Labute approximate surface area is 197 Å². The predicted octanol–water partition coefficient (Wildman–Crippen LogP) is 6.35. The Balaban J connectivity index is 1.39. The van der Waals surface area contributed by atoms with Crippen LogP contribution in [0.1, 0.15) is 112 Å². The van der Waals surface area contributed by atoms with E-state index >= 15 is 0 Å². The first-order chi connectivity index (χ1) is 15.0. The Kier molecular flexibility index (Phi) is 6.07. The van der Waals surface area contributed by atoms with Gasteiger partial charge in [-0.05, 0) is 91.3 Å². The monoisotopic (exact) mass is 446 g/mol. The van der Waals surface area contributed by atoms with Crippen LogP contribution in [0.25, 0.3) is 0 Å². The van der Waals surface area contributed by atoms with Crippen LogP contribution >= 0.6 is 0 Å². The fourth-order valence-corrected chi connectivity index (χ4v) is 9.92. The molecule has 184 valence electrons. The molecule has 5 aliphatic rings. The molecule has 9 unspecified atom stereocenters. The van der Waals surface area contributed by atoms with Crippen molar-refractivity contribution >= 4 is 0 Å². The number of aliphatic hydroxyl groups is 2. The number of fused-ring (bicyclic) bond motifs is 2. The van der Waals surface area contributed by atoms with Gasteiger partial charge >= 0.3 is 0 Å². The molecule has 3 heteroatoms. The molecule has 32 heavy (non-hydrogen) atoms. The summed E-state index contributed by atoms with van der Waals surface area (Å²) in [6.07, 6.45) is 14.3. The Bertz CT molecular complexity index is 676. The smallest absolute Gasteiger partial charge is 0.0699 e. The lowest BCUT2D eigenvalue weighted by molar-refractivity contribution is -0.263. The summed E-state index contributed by atoms with van der Waals surface area (Å²) in [5, 5.41) is 21.8. The summed E-state index contributed by atoms with van der Waals surface area (Å²) in [6.45, 7) is 12.1. The SMILES string of the molecule is CC1CC2CC3(CC(C)(C)C2CC1O)CC(C)(C)C1CC(O)C(C2CCCCC2)CC1O3. The van der Waals surface area contributed by atoms with E-state index in [0.29, 0.717) is 41.6 Å². The van der Waals surface area contributed by atoms with Crippen molar-refractivity contribution in [1.82, 2.24) is 0 Å². The largest absolute Gasteiger partial charge is 0.393 e. The minimum Gasteiger partial charge on any atom is -0.393 e. The van der Waals surface area contributed by atoms with Crippen LogP contribution in [0.5, 0.6) is 0 Å². The van der Waals surface area contributed by atoms with Gasteiger partial charge in [0.1, 0.15) is 0 Å². The maximum Gasteiger partial charge on any atom is 0.0699 e. The van der Waals surface area contributed by atoms with E-state index in [0.717, 1.165) is 38.5 Å². The van der Waals surface area contributed by atoms with Crippen molar-refractivity contribution in [2.24, 2.45) is 46.3 Å². The average molecular weight is 447 g/mol. The second-order valence-electron chi connectivity index (χ2n) is 14.5. The lowest BCUT2D eigenvalue weighted by Gasteiger charge is -2.63. The topological polar surface area (TPSA) is 49.7 Å². The van der Waals surface area contributed by atoms with Crippen molar-refractivity contribution in [2.75, 3.05) is 0 Å². The molecule has 2 N–H and O–H groups in total. The third-order valence-electron chi connectivity index (χ3n) is 11.2. The molecule has 1 aliphatic heterocycles. The highest BCUT2D eigenvalue weighted by atomic mass is 16.5. The first-order valence-electron chi connectivity index (χ1n) is 14.0.